The summed E-state index contributed by atoms with van der Waals surface area (Å²) in [5.74, 6) is -0.750. The number of carbonyl (C=O) groups excluding carboxylic acids is 3. The van der Waals surface area contributed by atoms with E-state index in [2.05, 4.69) is 44.8 Å². The predicted molar refractivity (Wildman–Crippen MR) is 251 cm³/mol. The Kier molecular flexibility index (Phi) is 7.09. The number of allylic oxidation sites excluding steroid dienone is 2. The number of hydrogen-bond donors (Lipinski definition) is 6. The maximum atomic E-state index is 15.1. The van der Waals surface area contributed by atoms with Crippen molar-refractivity contribution in [2.24, 2.45) is 4.99 Å². The zero-order valence-electron chi connectivity index (χ0n) is 34.5. The number of anilines is 5. The van der Waals surface area contributed by atoms with E-state index >= 15 is 4.79 Å². The summed E-state index contributed by atoms with van der Waals surface area (Å²) < 4.78 is 0. The molecule has 0 saturated heterocycles. The molecule has 2 unspecified atom stereocenters. The van der Waals surface area contributed by atoms with Gasteiger partial charge in [0.2, 0.25) is 17.6 Å². The normalized spacial score (nSPS) is 19.8. The van der Waals surface area contributed by atoms with E-state index in [1.165, 1.54) is 13.8 Å². The minimum atomic E-state index is -1.11. The molecule has 2 spiro atoms. The van der Waals surface area contributed by atoms with Crippen LogP contribution < -0.4 is 37.2 Å². The van der Waals surface area contributed by atoms with Crippen LogP contribution in [0.25, 0.3) is 54.9 Å². The number of rotatable bonds is 3. The highest BCUT2D eigenvalue weighted by Gasteiger charge is 2.49. The van der Waals surface area contributed by atoms with E-state index in [1.807, 2.05) is 127 Å². The van der Waals surface area contributed by atoms with Crippen molar-refractivity contribution < 1.29 is 19.5 Å². The average molecular weight is 833 g/mol. The zero-order valence-corrected chi connectivity index (χ0v) is 34.5. The molecule has 0 aromatic heterocycles. The van der Waals surface area contributed by atoms with E-state index in [4.69, 9.17) is 4.99 Å². The predicted octanol–water partition coefficient (Wildman–Crippen LogP) is 9.26. The highest BCUT2D eigenvalue weighted by atomic mass is 16.3. The molecule has 2 atom stereocenters. The van der Waals surface area contributed by atoms with E-state index in [1.54, 1.807) is 0 Å². The van der Waals surface area contributed by atoms with E-state index in [0.717, 1.165) is 77.4 Å². The van der Waals surface area contributed by atoms with Gasteiger partial charge in [-0.15, -0.1) is 0 Å². The lowest BCUT2D eigenvalue weighted by Gasteiger charge is -2.41. The topological polar surface area (TPSA) is 144 Å². The van der Waals surface area contributed by atoms with Gasteiger partial charge in [-0.3, -0.25) is 14.4 Å². The molecular weight excluding hydrogens is 797 g/mol. The van der Waals surface area contributed by atoms with Crippen LogP contribution in [0.2, 0.25) is 0 Å². The molecular formula is C54H36N6O4. The Morgan fingerprint density at radius 1 is 0.547 bits per heavy atom. The molecule has 5 aliphatic rings. The number of fused-ring (bicyclic) bond motifs is 10. The third-order valence-electron chi connectivity index (χ3n) is 13.5. The van der Waals surface area contributed by atoms with Crippen molar-refractivity contribution in [2.75, 3.05) is 26.6 Å². The van der Waals surface area contributed by atoms with Gasteiger partial charge in [0, 0.05) is 91.5 Å². The molecule has 3 aliphatic carbocycles. The van der Waals surface area contributed by atoms with Gasteiger partial charge in [0.25, 0.3) is 0 Å². The molecule has 306 valence electrons. The number of carbonyl (C=O) groups is 3. The van der Waals surface area contributed by atoms with Crippen LogP contribution >= 0.6 is 0 Å². The van der Waals surface area contributed by atoms with Crippen LogP contribution in [0.1, 0.15) is 41.7 Å². The lowest BCUT2D eigenvalue weighted by Crippen LogP contribution is -2.45. The molecule has 0 bridgehead atoms. The van der Waals surface area contributed by atoms with Crippen molar-refractivity contribution >= 4 is 78.7 Å². The Balaban J connectivity index is 1.04. The smallest absolute Gasteiger partial charge is 0.221 e. The van der Waals surface area contributed by atoms with Crippen molar-refractivity contribution in [1.29, 1.82) is 0 Å². The molecule has 64 heavy (non-hydrogen) atoms. The van der Waals surface area contributed by atoms with E-state index < -0.39 is 11.3 Å². The number of benzene rings is 8. The van der Waals surface area contributed by atoms with E-state index in [9.17, 15) is 14.7 Å². The molecule has 10 nitrogen and oxygen atoms in total. The second kappa shape index (κ2) is 12.5. The van der Waals surface area contributed by atoms with Crippen LogP contribution in [0, 0.1) is 0 Å². The van der Waals surface area contributed by atoms with Crippen molar-refractivity contribution in [2.45, 2.75) is 25.2 Å². The maximum Gasteiger partial charge on any atom is 0.221 e. The van der Waals surface area contributed by atoms with Gasteiger partial charge >= 0.3 is 0 Å². The minimum absolute atomic E-state index is 0.108. The molecule has 2 aliphatic heterocycles. The Hall–Kier alpha value is -8.50. The number of hydrogen-bond acceptors (Lipinski definition) is 8. The Morgan fingerprint density at radius 3 is 1.83 bits per heavy atom. The van der Waals surface area contributed by atoms with Crippen LogP contribution in [-0.4, -0.2) is 22.7 Å². The largest absolute Gasteiger partial charge is 0.506 e. The minimum Gasteiger partial charge on any atom is -0.506 e. The Labute approximate surface area is 365 Å². The van der Waals surface area contributed by atoms with Crippen molar-refractivity contribution in [1.82, 2.24) is 0 Å². The fourth-order valence-corrected chi connectivity index (χ4v) is 11.1. The number of ketones is 1. The number of aliphatic hydroxyl groups is 1. The first-order valence-corrected chi connectivity index (χ1v) is 21.2. The summed E-state index contributed by atoms with van der Waals surface area (Å²) >= 11 is 0. The molecule has 0 fully saturated rings. The highest BCUT2D eigenvalue weighted by molar-refractivity contribution is 6.52. The van der Waals surface area contributed by atoms with Crippen LogP contribution in [0.3, 0.4) is 0 Å². The summed E-state index contributed by atoms with van der Waals surface area (Å²) in [7, 11) is 0. The lowest BCUT2D eigenvalue weighted by molar-refractivity contribution is -0.115. The van der Waals surface area contributed by atoms with Gasteiger partial charge in [-0.25, -0.2) is 4.99 Å². The van der Waals surface area contributed by atoms with E-state index in [0.29, 0.717) is 33.2 Å². The molecule has 8 aromatic carbocycles. The van der Waals surface area contributed by atoms with Gasteiger partial charge in [0.1, 0.15) is 5.76 Å². The van der Waals surface area contributed by atoms with Gasteiger partial charge in [-0.2, -0.15) is 0 Å². The second-order valence-electron chi connectivity index (χ2n) is 17.0. The summed E-state index contributed by atoms with van der Waals surface area (Å²) in [5.41, 5.74) is 9.99. The first kappa shape index (κ1) is 36.2. The number of nitrogens with one attached hydrogen (secondary N) is 5. The third-order valence-corrected chi connectivity index (χ3v) is 13.5. The van der Waals surface area contributed by atoms with Crippen molar-refractivity contribution in [3.63, 3.8) is 0 Å². The van der Waals surface area contributed by atoms with Gasteiger partial charge < -0.3 is 31.7 Å². The summed E-state index contributed by atoms with van der Waals surface area (Å²) in [6.45, 7) is 3.00. The summed E-state index contributed by atoms with van der Waals surface area (Å²) in [5, 5.41) is 34.8. The molecule has 8 aromatic rings. The third kappa shape index (κ3) is 4.58. The Bertz CT molecular complexity index is 3720. The quantitative estimate of drug-likeness (QED) is 0.104. The standard InChI is InChI=1S/C54H36N6O4/c1-27(61)55-39-19-9-17-37-45(39)31-13-3-5-15-35(31)53(37)57-41-21-7-11-29-23-25-33(49(59-53)43(29)41)47-51(63)48(52(47)64)34-26-24-30-12-8-22-42-44(30)50(34)60-54(58-42)36-16-6-4-14-32(36)46-38(54)18-10-20-40(46)56-28(2)62/h3-26,57-59,63H,1-2H3,(H,55,61)(H,56,62). The molecule has 0 radical (unpaired) electrons. The summed E-state index contributed by atoms with van der Waals surface area (Å²) in [4.78, 5) is 45.5. The number of amides is 2. The van der Waals surface area contributed by atoms with Crippen LogP contribution in [0.5, 0.6) is 0 Å². The molecule has 2 amide bonds. The fraction of sp³-hybridized carbons (Fsp3) is 0.0741. The van der Waals surface area contributed by atoms with Crippen molar-refractivity contribution in [3.05, 3.63) is 190 Å². The molecule has 0 saturated carbocycles. The summed E-state index contributed by atoms with van der Waals surface area (Å²) in [6, 6.07) is 47.8. The first-order valence-electron chi connectivity index (χ1n) is 21.2. The maximum absolute atomic E-state index is 15.1. The molecule has 2 heterocycles. The molecule has 6 N–H and O–H groups in total. The zero-order chi connectivity index (χ0) is 43.2. The Morgan fingerprint density at radius 2 is 1.12 bits per heavy atom. The summed E-state index contributed by atoms with van der Waals surface area (Å²) in [6.07, 6.45) is 0. The first-order chi connectivity index (χ1) is 31.2. The number of aliphatic hydroxyl groups excluding tert-OH is 1. The molecule has 10 heteroatoms. The number of Topliss-reactive ketones (excluding diaryl/α,β-unsaturated/α-hetero) is 1. The van der Waals surface area contributed by atoms with Gasteiger partial charge in [0.05, 0.1) is 22.2 Å². The van der Waals surface area contributed by atoms with Gasteiger partial charge in [-0.1, -0.05) is 121 Å². The van der Waals surface area contributed by atoms with Gasteiger partial charge in [-0.05, 0) is 46.2 Å². The average Bonchev–Trinajstić information content (AvgIpc) is 3.71. The fourth-order valence-electron chi connectivity index (χ4n) is 11.1. The van der Waals surface area contributed by atoms with Crippen LogP contribution in [0.4, 0.5) is 28.4 Å². The van der Waals surface area contributed by atoms with Crippen LogP contribution in [-0.2, 0) is 25.7 Å². The van der Waals surface area contributed by atoms with Gasteiger partial charge in [0.15, 0.2) is 11.3 Å². The SMILES string of the molecule is CC(=O)Nc1cccc2c1-c1ccccc1C21N=c2c(=C3C(=O)C(c4ccc5cccc6c5c4NC4(N6)c5ccccc5-c5c(NC(C)=O)cccc54)=C3O)ccc3cccc(c23)N1. The molecule has 13 rings (SSSR count). The monoisotopic (exact) mass is 832 g/mol. The highest BCUT2D eigenvalue weighted by Crippen LogP contribution is 2.57. The van der Waals surface area contributed by atoms with Crippen LogP contribution in [0.15, 0.2) is 156 Å². The van der Waals surface area contributed by atoms with Crippen molar-refractivity contribution in [3.8, 4) is 22.3 Å². The second-order valence-corrected chi connectivity index (χ2v) is 17.0. The number of nitrogens with zero attached hydrogens (tertiary/aromatic N) is 1. The lowest BCUT2D eigenvalue weighted by atomic mass is 9.79. The van der Waals surface area contributed by atoms with E-state index in [-0.39, 0.29) is 34.5 Å².